The molecule has 4 nitrogen and oxygen atoms in total. The fourth-order valence-electron chi connectivity index (χ4n) is 2.01. The summed E-state index contributed by atoms with van der Waals surface area (Å²) in [5.74, 6) is -0.155. The Morgan fingerprint density at radius 2 is 1.64 bits per heavy atom. The zero-order valence-corrected chi connectivity index (χ0v) is 13.8. The van der Waals surface area contributed by atoms with E-state index in [1.807, 2.05) is 24.3 Å². The van der Waals surface area contributed by atoms with Gasteiger partial charge in [0.15, 0.2) is 0 Å². The zero-order chi connectivity index (χ0) is 15.9. The molecule has 0 radical (unpaired) electrons. The molecule has 0 spiro atoms. The van der Waals surface area contributed by atoms with Crippen LogP contribution < -0.4 is 10.6 Å². The van der Waals surface area contributed by atoms with Crippen LogP contribution in [0.4, 0.5) is 11.4 Å². The van der Waals surface area contributed by atoms with Crippen molar-refractivity contribution in [2.24, 2.45) is 0 Å². The molecule has 2 aromatic carbocycles. The van der Waals surface area contributed by atoms with E-state index >= 15 is 0 Å². The first-order valence-electron chi connectivity index (χ1n) is 6.95. The molecule has 0 bridgehead atoms. The van der Waals surface area contributed by atoms with Crippen molar-refractivity contribution in [1.82, 2.24) is 0 Å². The SMILES string of the molecule is CC(=O)Nc1ccc(NC(=O)CCc2cccc(Br)c2)cc1. The highest BCUT2D eigenvalue weighted by Crippen LogP contribution is 2.15. The number of amides is 2. The molecular weight excluding hydrogens is 344 g/mol. The van der Waals surface area contributed by atoms with E-state index in [2.05, 4.69) is 26.6 Å². The van der Waals surface area contributed by atoms with Crippen molar-refractivity contribution < 1.29 is 9.59 Å². The third kappa shape index (κ3) is 5.33. The van der Waals surface area contributed by atoms with E-state index in [1.165, 1.54) is 6.92 Å². The summed E-state index contributed by atoms with van der Waals surface area (Å²) in [6, 6.07) is 15.0. The Bertz CT molecular complexity index is 669. The molecule has 0 aromatic heterocycles. The highest BCUT2D eigenvalue weighted by Gasteiger charge is 2.04. The van der Waals surface area contributed by atoms with Crippen molar-refractivity contribution in [3.05, 3.63) is 58.6 Å². The number of aryl methyl sites for hydroxylation is 1. The molecule has 0 heterocycles. The molecule has 0 atom stereocenters. The summed E-state index contributed by atoms with van der Waals surface area (Å²) < 4.78 is 1.01. The average molecular weight is 361 g/mol. The lowest BCUT2D eigenvalue weighted by Gasteiger charge is -2.07. The van der Waals surface area contributed by atoms with Gasteiger partial charge in [-0.15, -0.1) is 0 Å². The monoisotopic (exact) mass is 360 g/mol. The molecule has 114 valence electrons. The Morgan fingerprint density at radius 3 is 2.23 bits per heavy atom. The minimum atomic E-state index is -0.120. The number of halogens is 1. The van der Waals surface area contributed by atoms with Gasteiger partial charge in [0.25, 0.3) is 0 Å². The molecule has 2 rings (SSSR count). The quantitative estimate of drug-likeness (QED) is 0.846. The molecule has 0 saturated heterocycles. The van der Waals surface area contributed by atoms with Crippen LogP contribution in [0.1, 0.15) is 18.9 Å². The molecule has 0 unspecified atom stereocenters. The van der Waals surface area contributed by atoms with Crippen molar-refractivity contribution in [2.75, 3.05) is 10.6 Å². The number of hydrogen-bond acceptors (Lipinski definition) is 2. The van der Waals surface area contributed by atoms with Gasteiger partial charge >= 0.3 is 0 Å². The van der Waals surface area contributed by atoms with Gasteiger partial charge < -0.3 is 10.6 Å². The molecule has 0 aliphatic rings. The summed E-state index contributed by atoms with van der Waals surface area (Å²) >= 11 is 3.42. The summed E-state index contributed by atoms with van der Waals surface area (Å²) in [6.07, 6.45) is 1.11. The van der Waals surface area contributed by atoms with Gasteiger partial charge in [-0.1, -0.05) is 28.1 Å². The second-order valence-corrected chi connectivity index (χ2v) is 5.85. The fraction of sp³-hybridized carbons (Fsp3) is 0.176. The van der Waals surface area contributed by atoms with Gasteiger partial charge in [-0.2, -0.15) is 0 Å². The van der Waals surface area contributed by atoms with Crippen LogP contribution in [-0.2, 0) is 16.0 Å². The number of carbonyl (C=O) groups excluding carboxylic acids is 2. The zero-order valence-electron chi connectivity index (χ0n) is 12.2. The van der Waals surface area contributed by atoms with Crippen LogP contribution in [0.15, 0.2) is 53.0 Å². The molecular formula is C17H17BrN2O2. The topological polar surface area (TPSA) is 58.2 Å². The maximum Gasteiger partial charge on any atom is 0.224 e. The first-order chi connectivity index (χ1) is 10.5. The second-order valence-electron chi connectivity index (χ2n) is 4.94. The Hall–Kier alpha value is -2.14. The van der Waals surface area contributed by atoms with E-state index in [1.54, 1.807) is 24.3 Å². The summed E-state index contributed by atoms with van der Waals surface area (Å²) in [5.41, 5.74) is 2.54. The van der Waals surface area contributed by atoms with Crippen molar-refractivity contribution in [3.8, 4) is 0 Å². The molecule has 2 amide bonds. The standard InChI is InChI=1S/C17H17BrN2O2/c1-12(21)19-15-6-8-16(9-7-15)20-17(22)10-5-13-3-2-4-14(18)11-13/h2-4,6-9,11H,5,10H2,1H3,(H,19,21)(H,20,22). The van der Waals surface area contributed by atoms with Crippen molar-refractivity contribution in [2.45, 2.75) is 19.8 Å². The number of carbonyl (C=O) groups is 2. The Balaban J connectivity index is 1.85. The molecule has 2 N–H and O–H groups in total. The van der Waals surface area contributed by atoms with Gasteiger partial charge in [0.05, 0.1) is 0 Å². The van der Waals surface area contributed by atoms with Gasteiger partial charge in [-0.25, -0.2) is 0 Å². The molecule has 5 heteroatoms. The lowest BCUT2D eigenvalue weighted by molar-refractivity contribution is -0.116. The minimum Gasteiger partial charge on any atom is -0.326 e. The molecule has 2 aromatic rings. The van der Waals surface area contributed by atoms with Crippen LogP contribution in [0, 0.1) is 0 Å². The van der Waals surface area contributed by atoms with Crippen molar-refractivity contribution >= 4 is 39.1 Å². The predicted octanol–water partition coefficient (Wildman–Crippen LogP) is 3.98. The van der Waals surface area contributed by atoms with Crippen molar-refractivity contribution in [1.29, 1.82) is 0 Å². The fourth-order valence-corrected chi connectivity index (χ4v) is 2.46. The summed E-state index contributed by atoms with van der Waals surface area (Å²) in [6.45, 7) is 1.46. The minimum absolute atomic E-state index is 0.0350. The Kier molecular flexibility index (Phi) is 5.72. The molecule has 22 heavy (non-hydrogen) atoms. The molecule has 0 aliphatic carbocycles. The summed E-state index contributed by atoms with van der Waals surface area (Å²) in [4.78, 5) is 22.9. The van der Waals surface area contributed by atoms with Gasteiger partial charge in [-0.3, -0.25) is 9.59 Å². The molecule has 0 aliphatic heterocycles. The first-order valence-corrected chi connectivity index (χ1v) is 7.74. The van der Waals surface area contributed by atoms with Crippen molar-refractivity contribution in [3.63, 3.8) is 0 Å². The average Bonchev–Trinajstić information content (AvgIpc) is 2.47. The number of anilines is 2. The number of hydrogen-bond donors (Lipinski definition) is 2. The first kappa shape index (κ1) is 16.2. The van der Waals surface area contributed by atoms with E-state index in [4.69, 9.17) is 0 Å². The number of nitrogens with one attached hydrogen (secondary N) is 2. The summed E-state index contributed by atoms with van der Waals surface area (Å²) in [7, 11) is 0. The largest absolute Gasteiger partial charge is 0.326 e. The molecule has 0 saturated carbocycles. The normalized spacial score (nSPS) is 10.1. The van der Waals surface area contributed by atoms with Crippen LogP contribution in [0.5, 0.6) is 0 Å². The maximum atomic E-state index is 11.9. The van der Waals surface area contributed by atoms with Crippen LogP contribution in [0.2, 0.25) is 0 Å². The maximum absolute atomic E-state index is 11.9. The lowest BCUT2D eigenvalue weighted by Crippen LogP contribution is -2.12. The molecule has 0 fully saturated rings. The Labute approximate surface area is 138 Å². The third-order valence-corrected chi connectivity index (χ3v) is 3.51. The Morgan fingerprint density at radius 1 is 1.00 bits per heavy atom. The van der Waals surface area contributed by atoms with Gasteiger partial charge in [0.1, 0.15) is 0 Å². The van der Waals surface area contributed by atoms with Gasteiger partial charge in [0, 0.05) is 29.2 Å². The van der Waals surface area contributed by atoms with E-state index in [-0.39, 0.29) is 11.8 Å². The number of rotatable bonds is 5. The van der Waals surface area contributed by atoms with Crippen LogP contribution in [-0.4, -0.2) is 11.8 Å². The van der Waals surface area contributed by atoms with Gasteiger partial charge in [-0.05, 0) is 48.4 Å². The van der Waals surface area contributed by atoms with Crippen LogP contribution in [0.3, 0.4) is 0 Å². The van der Waals surface area contributed by atoms with E-state index in [0.29, 0.717) is 24.2 Å². The highest BCUT2D eigenvalue weighted by atomic mass is 79.9. The van der Waals surface area contributed by atoms with E-state index in [9.17, 15) is 9.59 Å². The van der Waals surface area contributed by atoms with E-state index in [0.717, 1.165) is 10.0 Å². The summed E-state index contributed by atoms with van der Waals surface area (Å²) in [5, 5.41) is 5.53. The lowest BCUT2D eigenvalue weighted by atomic mass is 10.1. The smallest absolute Gasteiger partial charge is 0.224 e. The highest BCUT2D eigenvalue weighted by molar-refractivity contribution is 9.10. The number of benzene rings is 2. The second kappa shape index (κ2) is 7.75. The predicted molar refractivity (Wildman–Crippen MR) is 91.8 cm³/mol. The van der Waals surface area contributed by atoms with Crippen LogP contribution in [0.25, 0.3) is 0 Å². The van der Waals surface area contributed by atoms with Crippen LogP contribution >= 0.6 is 15.9 Å². The third-order valence-electron chi connectivity index (χ3n) is 3.02. The van der Waals surface area contributed by atoms with E-state index < -0.39 is 0 Å². The van der Waals surface area contributed by atoms with Gasteiger partial charge in [0.2, 0.25) is 11.8 Å².